The van der Waals surface area contributed by atoms with Crippen molar-refractivity contribution in [3.63, 3.8) is 0 Å². The second-order valence-corrected chi connectivity index (χ2v) is 4.94. The lowest BCUT2D eigenvalue weighted by Gasteiger charge is -2.18. The first-order valence-electron chi connectivity index (χ1n) is 6.79. The normalized spacial score (nSPS) is 11.9. The van der Waals surface area contributed by atoms with E-state index in [1.54, 1.807) is 13.2 Å². The average Bonchev–Trinajstić information content (AvgIpc) is 2.49. The van der Waals surface area contributed by atoms with Gasteiger partial charge in [-0.15, -0.1) is 0 Å². The lowest BCUT2D eigenvalue weighted by Crippen LogP contribution is -2.08. The van der Waals surface area contributed by atoms with Gasteiger partial charge in [0.05, 0.1) is 14.2 Å². The largest absolute Gasteiger partial charge is 0.497 e. The Morgan fingerprint density at radius 1 is 1.05 bits per heavy atom. The molecule has 0 fully saturated rings. The van der Waals surface area contributed by atoms with Crippen molar-refractivity contribution in [1.82, 2.24) is 0 Å². The molecule has 0 radical (unpaired) electrons. The van der Waals surface area contributed by atoms with Crippen LogP contribution in [0.4, 0.5) is 10.1 Å². The quantitative estimate of drug-likeness (QED) is 0.889. The summed E-state index contributed by atoms with van der Waals surface area (Å²) < 4.78 is 23.9. The molecule has 2 aromatic rings. The summed E-state index contributed by atoms with van der Waals surface area (Å²) in [6.45, 7) is 4.00. The monoisotopic (exact) mass is 289 g/mol. The van der Waals surface area contributed by atoms with E-state index in [2.05, 4.69) is 5.32 Å². The lowest BCUT2D eigenvalue weighted by molar-refractivity contribution is 0.386. The molecule has 0 aliphatic carbocycles. The van der Waals surface area contributed by atoms with Crippen LogP contribution in [0.1, 0.15) is 24.1 Å². The fraction of sp³-hybridized carbons (Fsp3) is 0.294. The minimum Gasteiger partial charge on any atom is -0.497 e. The van der Waals surface area contributed by atoms with Crippen molar-refractivity contribution < 1.29 is 13.9 Å². The van der Waals surface area contributed by atoms with Crippen molar-refractivity contribution in [3.8, 4) is 11.5 Å². The molecule has 0 bridgehead atoms. The number of halogens is 1. The van der Waals surface area contributed by atoms with Crippen molar-refractivity contribution in [2.75, 3.05) is 19.5 Å². The Hall–Kier alpha value is -2.23. The first kappa shape index (κ1) is 15.2. The van der Waals surface area contributed by atoms with Crippen LogP contribution in [0, 0.1) is 12.7 Å². The van der Waals surface area contributed by atoms with Gasteiger partial charge in [-0.25, -0.2) is 4.39 Å². The summed E-state index contributed by atoms with van der Waals surface area (Å²) in [6.07, 6.45) is 0. The maximum atomic E-state index is 13.8. The number of hydrogen-bond donors (Lipinski definition) is 1. The second-order valence-electron chi connectivity index (χ2n) is 4.94. The topological polar surface area (TPSA) is 30.5 Å². The van der Waals surface area contributed by atoms with Gasteiger partial charge in [0.15, 0.2) is 11.6 Å². The summed E-state index contributed by atoms with van der Waals surface area (Å²) in [7, 11) is 3.10. The first-order valence-corrected chi connectivity index (χ1v) is 6.79. The minimum absolute atomic E-state index is 0.0162. The number of anilines is 1. The second kappa shape index (κ2) is 6.48. The molecule has 0 aliphatic heterocycles. The number of hydrogen-bond acceptors (Lipinski definition) is 3. The molecule has 1 N–H and O–H groups in total. The van der Waals surface area contributed by atoms with E-state index in [9.17, 15) is 4.39 Å². The van der Waals surface area contributed by atoms with Gasteiger partial charge < -0.3 is 14.8 Å². The zero-order valence-corrected chi connectivity index (χ0v) is 12.7. The number of methoxy groups -OCH3 is 2. The summed E-state index contributed by atoms with van der Waals surface area (Å²) in [5.41, 5.74) is 2.94. The van der Waals surface area contributed by atoms with Gasteiger partial charge in [-0.05, 0) is 55.3 Å². The van der Waals surface area contributed by atoms with E-state index in [0.717, 1.165) is 22.6 Å². The zero-order valence-electron chi connectivity index (χ0n) is 12.7. The standard InChI is InChI=1S/C17H20FNO2/c1-11-9-14(20-3)6-7-16(11)19-12(2)13-5-8-17(21-4)15(18)10-13/h5-10,12,19H,1-4H3. The van der Waals surface area contributed by atoms with E-state index in [1.165, 1.54) is 13.2 Å². The molecule has 0 saturated carbocycles. The van der Waals surface area contributed by atoms with Gasteiger partial charge in [-0.3, -0.25) is 0 Å². The molecule has 0 spiro atoms. The predicted molar refractivity (Wildman–Crippen MR) is 82.7 cm³/mol. The summed E-state index contributed by atoms with van der Waals surface area (Å²) in [4.78, 5) is 0. The molecule has 0 saturated heterocycles. The fourth-order valence-corrected chi connectivity index (χ4v) is 2.19. The van der Waals surface area contributed by atoms with Crippen molar-refractivity contribution in [1.29, 1.82) is 0 Å². The molecule has 4 heteroatoms. The van der Waals surface area contributed by atoms with E-state index in [1.807, 2.05) is 38.1 Å². The van der Waals surface area contributed by atoms with Crippen LogP contribution >= 0.6 is 0 Å². The van der Waals surface area contributed by atoms with E-state index < -0.39 is 0 Å². The van der Waals surface area contributed by atoms with Crippen LogP contribution in [0.3, 0.4) is 0 Å². The predicted octanol–water partition coefficient (Wildman–Crippen LogP) is 4.32. The van der Waals surface area contributed by atoms with Crippen LogP contribution in [0.25, 0.3) is 0 Å². The molecule has 0 aromatic heterocycles. The number of rotatable bonds is 5. The third-order valence-corrected chi connectivity index (χ3v) is 3.48. The summed E-state index contributed by atoms with van der Waals surface area (Å²) in [6, 6.07) is 10.8. The summed E-state index contributed by atoms with van der Waals surface area (Å²) >= 11 is 0. The van der Waals surface area contributed by atoms with E-state index in [0.29, 0.717) is 0 Å². The maximum Gasteiger partial charge on any atom is 0.165 e. The van der Waals surface area contributed by atoms with Gasteiger partial charge >= 0.3 is 0 Å². The van der Waals surface area contributed by atoms with Crippen molar-refractivity contribution >= 4 is 5.69 Å². The number of nitrogens with one attached hydrogen (secondary N) is 1. The molecule has 2 rings (SSSR count). The number of benzene rings is 2. The highest BCUT2D eigenvalue weighted by Gasteiger charge is 2.11. The smallest absolute Gasteiger partial charge is 0.165 e. The summed E-state index contributed by atoms with van der Waals surface area (Å²) in [5.74, 6) is 0.725. The fourth-order valence-electron chi connectivity index (χ4n) is 2.19. The molecule has 0 heterocycles. The lowest BCUT2D eigenvalue weighted by atomic mass is 10.1. The Balaban J connectivity index is 2.17. The Morgan fingerprint density at radius 3 is 2.38 bits per heavy atom. The van der Waals surface area contributed by atoms with Gasteiger partial charge in [0, 0.05) is 11.7 Å². The zero-order chi connectivity index (χ0) is 15.4. The molecular weight excluding hydrogens is 269 g/mol. The van der Waals surface area contributed by atoms with Crippen LogP contribution < -0.4 is 14.8 Å². The molecule has 1 atom stereocenters. The van der Waals surface area contributed by atoms with Gasteiger partial charge in [0.1, 0.15) is 5.75 Å². The Kier molecular flexibility index (Phi) is 4.68. The van der Waals surface area contributed by atoms with Gasteiger partial charge in [0.2, 0.25) is 0 Å². The van der Waals surface area contributed by atoms with Gasteiger partial charge in [-0.2, -0.15) is 0 Å². The Bertz CT molecular complexity index is 628. The maximum absolute atomic E-state index is 13.8. The third kappa shape index (κ3) is 3.45. The molecule has 3 nitrogen and oxygen atoms in total. The number of aryl methyl sites for hydroxylation is 1. The van der Waals surface area contributed by atoms with Crippen molar-refractivity contribution in [3.05, 3.63) is 53.3 Å². The van der Waals surface area contributed by atoms with Crippen molar-refractivity contribution in [2.45, 2.75) is 19.9 Å². The van der Waals surface area contributed by atoms with Crippen LogP contribution in [0.2, 0.25) is 0 Å². The first-order chi connectivity index (χ1) is 10.0. The van der Waals surface area contributed by atoms with Crippen LogP contribution in [-0.4, -0.2) is 14.2 Å². The third-order valence-electron chi connectivity index (χ3n) is 3.48. The highest BCUT2D eigenvalue weighted by Crippen LogP contribution is 2.27. The molecule has 21 heavy (non-hydrogen) atoms. The molecule has 1 unspecified atom stereocenters. The van der Waals surface area contributed by atoms with E-state index in [-0.39, 0.29) is 17.6 Å². The van der Waals surface area contributed by atoms with Crippen molar-refractivity contribution in [2.24, 2.45) is 0 Å². The summed E-state index contributed by atoms with van der Waals surface area (Å²) in [5, 5.41) is 3.38. The van der Waals surface area contributed by atoms with Gasteiger partial charge in [-0.1, -0.05) is 6.07 Å². The van der Waals surface area contributed by atoms with Gasteiger partial charge in [0.25, 0.3) is 0 Å². The molecule has 112 valence electrons. The SMILES string of the molecule is COc1ccc(NC(C)c2ccc(OC)c(F)c2)c(C)c1. The van der Waals surface area contributed by atoms with Crippen LogP contribution in [0.5, 0.6) is 11.5 Å². The Labute approximate surface area is 124 Å². The Morgan fingerprint density at radius 2 is 1.81 bits per heavy atom. The van der Waals surface area contributed by atoms with Crippen LogP contribution in [-0.2, 0) is 0 Å². The minimum atomic E-state index is -0.352. The molecule has 0 amide bonds. The average molecular weight is 289 g/mol. The number of ether oxygens (including phenoxy) is 2. The van der Waals surface area contributed by atoms with E-state index >= 15 is 0 Å². The highest BCUT2D eigenvalue weighted by atomic mass is 19.1. The molecular formula is C17H20FNO2. The van der Waals surface area contributed by atoms with Crippen LogP contribution in [0.15, 0.2) is 36.4 Å². The molecule has 2 aromatic carbocycles. The van der Waals surface area contributed by atoms with E-state index in [4.69, 9.17) is 9.47 Å². The highest BCUT2D eigenvalue weighted by molar-refractivity contribution is 5.55. The molecule has 0 aliphatic rings.